The molecule has 0 atom stereocenters. The molecule has 2 rings (SSSR count). The zero-order chi connectivity index (χ0) is 13.8. The lowest BCUT2D eigenvalue weighted by Gasteiger charge is -2.04. The Hall–Kier alpha value is -2.42. The summed E-state index contributed by atoms with van der Waals surface area (Å²) in [5.74, 6) is -0.304. The summed E-state index contributed by atoms with van der Waals surface area (Å²) in [6, 6.07) is 3.04. The van der Waals surface area contributed by atoms with Gasteiger partial charge in [-0.1, -0.05) is 11.8 Å². The fourth-order valence-electron chi connectivity index (χ4n) is 1.32. The summed E-state index contributed by atoms with van der Waals surface area (Å²) in [4.78, 5) is 26.5. The van der Waals surface area contributed by atoms with Crippen LogP contribution in [0.15, 0.2) is 23.4 Å². The molecule has 2 aromatic rings. The molecule has 0 unspecified atom stereocenters. The van der Waals surface area contributed by atoms with Crippen molar-refractivity contribution < 1.29 is 9.90 Å². The Morgan fingerprint density at radius 2 is 1.95 bits per heavy atom. The van der Waals surface area contributed by atoms with Crippen LogP contribution in [0.25, 0.3) is 0 Å². The van der Waals surface area contributed by atoms with Gasteiger partial charge in [0.2, 0.25) is 11.9 Å². The Bertz CT molecular complexity index is 600. The summed E-state index contributed by atoms with van der Waals surface area (Å²) in [5.41, 5.74) is 11.0. The molecular weight excluding hydrogens is 268 g/mol. The maximum atomic E-state index is 11.0. The molecule has 2 heterocycles. The number of nitrogens with zero attached hydrogens (tertiary/aromatic N) is 4. The minimum atomic E-state index is -1.04. The van der Waals surface area contributed by atoms with E-state index in [1.807, 2.05) is 0 Å². The van der Waals surface area contributed by atoms with Gasteiger partial charge < -0.3 is 16.6 Å². The van der Waals surface area contributed by atoms with E-state index in [0.717, 1.165) is 0 Å². The van der Waals surface area contributed by atoms with Crippen LogP contribution in [0.2, 0.25) is 0 Å². The average Bonchev–Trinajstić information content (AvgIpc) is 2.35. The van der Waals surface area contributed by atoms with Crippen LogP contribution in [0.5, 0.6) is 0 Å². The van der Waals surface area contributed by atoms with Crippen molar-refractivity contribution >= 4 is 29.6 Å². The number of hydrogen-bond donors (Lipinski definition) is 3. The van der Waals surface area contributed by atoms with E-state index in [0.29, 0.717) is 16.6 Å². The maximum absolute atomic E-state index is 11.0. The molecule has 0 bridgehead atoms. The minimum Gasteiger partial charge on any atom is -0.478 e. The minimum absolute atomic E-state index is 0.0302. The first-order chi connectivity index (χ1) is 9.06. The van der Waals surface area contributed by atoms with Gasteiger partial charge in [0.05, 0.1) is 11.3 Å². The Morgan fingerprint density at radius 1 is 1.26 bits per heavy atom. The van der Waals surface area contributed by atoms with Gasteiger partial charge in [0.15, 0.2) is 0 Å². The quantitative estimate of drug-likeness (QED) is 0.678. The van der Waals surface area contributed by atoms with Crippen molar-refractivity contribution in [2.45, 2.75) is 10.8 Å². The topological polar surface area (TPSA) is 141 Å². The Labute approximate surface area is 112 Å². The van der Waals surface area contributed by atoms with Crippen LogP contribution in [-0.2, 0) is 5.75 Å². The average molecular weight is 278 g/mol. The van der Waals surface area contributed by atoms with Crippen LogP contribution in [-0.4, -0.2) is 31.0 Å². The molecule has 0 amide bonds. The molecule has 0 fully saturated rings. The zero-order valence-corrected chi connectivity index (χ0v) is 10.5. The summed E-state index contributed by atoms with van der Waals surface area (Å²) in [7, 11) is 0. The van der Waals surface area contributed by atoms with Crippen molar-refractivity contribution in [3.05, 3.63) is 29.7 Å². The lowest BCUT2D eigenvalue weighted by Crippen LogP contribution is -2.06. The van der Waals surface area contributed by atoms with Crippen LogP contribution >= 0.6 is 11.8 Å². The molecule has 19 heavy (non-hydrogen) atoms. The third kappa shape index (κ3) is 3.28. The highest BCUT2D eigenvalue weighted by Crippen LogP contribution is 2.23. The van der Waals surface area contributed by atoms with Gasteiger partial charge in [-0.05, 0) is 12.1 Å². The van der Waals surface area contributed by atoms with Gasteiger partial charge in [0.25, 0.3) is 0 Å². The number of anilines is 2. The number of carboxylic acid groups (broad SMARTS) is 1. The van der Waals surface area contributed by atoms with Crippen molar-refractivity contribution in [1.29, 1.82) is 0 Å². The second-order valence-electron chi connectivity index (χ2n) is 3.42. The molecule has 0 aromatic carbocycles. The zero-order valence-electron chi connectivity index (χ0n) is 9.65. The fraction of sp³-hybridized carbons (Fsp3) is 0.100. The first-order valence-corrected chi connectivity index (χ1v) is 6.12. The molecule has 5 N–H and O–H groups in total. The van der Waals surface area contributed by atoms with E-state index in [2.05, 4.69) is 19.9 Å². The number of hydrogen-bond acceptors (Lipinski definition) is 8. The van der Waals surface area contributed by atoms with Crippen LogP contribution < -0.4 is 11.5 Å². The fourth-order valence-corrected chi connectivity index (χ4v) is 2.16. The summed E-state index contributed by atoms with van der Waals surface area (Å²) in [5, 5.41) is 9.40. The molecule has 8 nitrogen and oxygen atoms in total. The van der Waals surface area contributed by atoms with Crippen molar-refractivity contribution in [1.82, 2.24) is 19.9 Å². The maximum Gasteiger partial charge on any atom is 0.338 e. The number of aromatic carboxylic acids is 1. The van der Waals surface area contributed by atoms with Gasteiger partial charge in [-0.15, -0.1) is 0 Å². The van der Waals surface area contributed by atoms with Crippen LogP contribution in [0.1, 0.15) is 16.2 Å². The Morgan fingerprint density at radius 3 is 2.58 bits per heavy atom. The lowest BCUT2D eigenvalue weighted by molar-refractivity contribution is 0.0692. The molecule has 0 saturated carbocycles. The smallest absolute Gasteiger partial charge is 0.338 e. The molecule has 98 valence electrons. The highest BCUT2D eigenvalue weighted by atomic mass is 32.2. The van der Waals surface area contributed by atoms with Crippen molar-refractivity contribution in [2.24, 2.45) is 0 Å². The van der Waals surface area contributed by atoms with Crippen molar-refractivity contribution in [3.63, 3.8) is 0 Å². The first kappa shape index (κ1) is 13.0. The Balaban J connectivity index is 2.16. The summed E-state index contributed by atoms with van der Waals surface area (Å²) >= 11 is 1.19. The summed E-state index contributed by atoms with van der Waals surface area (Å²) in [6.07, 6.45) is 1.52. The number of rotatable bonds is 4. The number of nitrogen functional groups attached to an aromatic ring is 2. The van der Waals surface area contributed by atoms with E-state index in [9.17, 15) is 4.79 Å². The molecule has 0 saturated heterocycles. The Kier molecular flexibility index (Phi) is 3.76. The standard InChI is InChI=1S/C10H10N6O2S/c11-9-14-6(15-10(12)16-9)4-19-7-5(8(17)18)2-1-3-13-7/h1-3H,4H2,(H,17,18)(H4,11,12,14,15,16). The second kappa shape index (κ2) is 5.48. The third-order valence-electron chi connectivity index (χ3n) is 2.06. The van der Waals surface area contributed by atoms with E-state index in [-0.39, 0.29) is 17.5 Å². The predicted octanol–water partition coefficient (Wildman–Crippen LogP) is 0.421. The van der Waals surface area contributed by atoms with Crippen molar-refractivity contribution in [3.8, 4) is 0 Å². The number of aromatic nitrogens is 4. The first-order valence-electron chi connectivity index (χ1n) is 5.13. The molecule has 9 heteroatoms. The molecule has 0 aliphatic rings. The predicted molar refractivity (Wildman–Crippen MR) is 69.4 cm³/mol. The lowest BCUT2D eigenvalue weighted by atomic mass is 10.3. The van der Waals surface area contributed by atoms with Gasteiger partial charge >= 0.3 is 5.97 Å². The monoisotopic (exact) mass is 278 g/mol. The molecular formula is C10H10N6O2S. The molecule has 0 spiro atoms. The van der Waals surface area contributed by atoms with E-state index in [1.165, 1.54) is 24.0 Å². The van der Waals surface area contributed by atoms with E-state index >= 15 is 0 Å². The SMILES string of the molecule is Nc1nc(N)nc(CSc2ncccc2C(=O)O)n1. The molecule has 0 radical (unpaired) electrons. The van der Waals surface area contributed by atoms with Gasteiger partial charge in [-0.25, -0.2) is 9.78 Å². The van der Waals surface area contributed by atoms with Gasteiger partial charge in [-0.2, -0.15) is 15.0 Å². The molecule has 0 aliphatic heterocycles. The van der Waals surface area contributed by atoms with Crippen molar-refractivity contribution in [2.75, 3.05) is 11.5 Å². The number of carboxylic acids is 1. The number of pyridine rings is 1. The van der Waals surface area contributed by atoms with E-state index < -0.39 is 5.97 Å². The normalized spacial score (nSPS) is 10.3. The third-order valence-corrected chi connectivity index (χ3v) is 3.06. The van der Waals surface area contributed by atoms with E-state index in [4.69, 9.17) is 16.6 Å². The second-order valence-corrected chi connectivity index (χ2v) is 4.38. The molecule has 0 aliphatic carbocycles. The van der Waals surface area contributed by atoms with Gasteiger partial charge in [0, 0.05) is 6.20 Å². The van der Waals surface area contributed by atoms with Gasteiger partial charge in [0.1, 0.15) is 10.9 Å². The number of carbonyl (C=O) groups is 1. The highest BCUT2D eigenvalue weighted by Gasteiger charge is 2.12. The summed E-state index contributed by atoms with van der Waals surface area (Å²) in [6.45, 7) is 0. The summed E-state index contributed by atoms with van der Waals surface area (Å²) < 4.78 is 0. The van der Waals surface area contributed by atoms with Crippen LogP contribution in [0, 0.1) is 0 Å². The highest BCUT2D eigenvalue weighted by molar-refractivity contribution is 7.98. The molecule has 2 aromatic heterocycles. The van der Waals surface area contributed by atoms with Crippen LogP contribution in [0.3, 0.4) is 0 Å². The number of nitrogens with two attached hydrogens (primary N) is 2. The van der Waals surface area contributed by atoms with Gasteiger partial charge in [-0.3, -0.25) is 0 Å². The largest absolute Gasteiger partial charge is 0.478 e. The van der Waals surface area contributed by atoms with Crippen LogP contribution in [0.4, 0.5) is 11.9 Å². The number of thioether (sulfide) groups is 1. The van der Waals surface area contributed by atoms with E-state index in [1.54, 1.807) is 6.07 Å².